The van der Waals surface area contributed by atoms with Gasteiger partial charge < -0.3 is 29.7 Å². The summed E-state index contributed by atoms with van der Waals surface area (Å²) in [6.45, 7) is 6.70. The van der Waals surface area contributed by atoms with Gasteiger partial charge in [0.15, 0.2) is 29.0 Å². The lowest BCUT2D eigenvalue weighted by Crippen LogP contribution is -2.49. The fourth-order valence-electron chi connectivity index (χ4n) is 4.59. The smallest absolute Gasteiger partial charge is 0.260 e. The van der Waals surface area contributed by atoms with Crippen LogP contribution in [0, 0.1) is 0 Å². The van der Waals surface area contributed by atoms with Gasteiger partial charge in [-0.15, -0.1) is 0 Å². The van der Waals surface area contributed by atoms with Crippen LogP contribution in [0.25, 0.3) is 0 Å². The van der Waals surface area contributed by atoms with E-state index in [1.807, 2.05) is 45.0 Å². The van der Waals surface area contributed by atoms with Gasteiger partial charge in [-0.05, 0) is 50.7 Å². The van der Waals surface area contributed by atoms with Crippen LogP contribution in [0.1, 0.15) is 42.7 Å². The molecule has 2 aromatic carbocycles. The first-order valence-electron chi connectivity index (χ1n) is 11.9. The van der Waals surface area contributed by atoms with Crippen LogP contribution in [0.2, 0.25) is 0 Å². The molecular weight excluding hydrogens is 478 g/mol. The molecule has 2 N–H and O–H groups in total. The second-order valence-corrected chi connectivity index (χ2v) is 9.43. The van der Waals surface area contributed by atoms with E-state index in [9.17, 15) is 9.59 Å². The Balaban J connectivity index is 1.55. The molecule has 1 saturated heterocycles. The van der Waals surface area contributed by atoms with Crippen LogP contribution in [0.3, 0.4) is 0 Å². The Morgan fingerprint density at radius 3 is 2.44 bits per heavy atom. The molecule has 0 unspecified atom stereocenters. The zero-order chi connectivity index (χ0) is 25.8. The average molecular weight is 510 g/mol. The number of nitrogens with zero attached hydrogens (tertiary/aromatic N) is 1. The minimum absolute atomic E-state index is 0.0145. The highest BCUT2D eigenvalue weighted by atomic mass is 32.1. The topological polar surface area (TPSA) is 89.1 Å². The van der Waals surface area contributed by atoms with Crippen molar-refractivity contribution in [3.63, 3.8) is 0 Å². The maximum atomic E-state index is 13.4. The van der Waals surface area contributed by atoms with Crippen molar-refractivity contribution >= 4 is 29.0 Å². The summed E-state index contributed by atoms with van der Waals surface area (Å²) in [6, 6.07) is 14.0. The lowest BCUT2D eigenvalue weighted by atomic mass is 9.89. The standard InChI is InChI=1S/C27H31N3O5S/c1-16-13-30(14-17(2)35-16)23(31)15-34-21-11-10-20(12-22(21)33-4)25-24(18(3)28-27(36)29-25)26(32)19-8-6-5-7-9-19/h5-12,16-17,25H,13-15H2,1-4H3,(H2,28,29,36)/t16-,17-,25+/m0/s1. The molecule has 3 atom stereocenters. The fraction of sp³-hybridized carbons (Fsp3) is 0.370. The van der Waals surface area contributed by atoms with Crippen molar-refractivity contribution in [2.24, 2.45) is 0 Å². The average Bonchev–Trinajstić information content (AvgIpc) is 2.86. The molecule has 2 heterocycles. The van der Waals surface area contributed by atoms with Crippen LogP contribution in [0.15, 0.2) is 59.8 Å². The third kappa shape index (κ3) is 5.68. The predicted molar refractivity (Wildman–Crippen MR) is 140 cm³/mol. The largest absolute Gasteiger partial charge is 0.493 e. The molecule has 0 bridgehead atoms. The normalized spacial score (nSPS) is 21.9. The summed E-state index contributed by atoms with van der Waals surface area (Å²) in [5.74, 6) is 0.693. The Kier molecular flexibility index (Phi) is 7.91. The van der Waals surface area contributed by atoms with Crippen LogP contribution < -0.4 is 20.1 Å². The van der Waals surface area contributed by atoms with Gasteiger partial charge in [0.05, 0.1) is 25.4 Å². The number of methoxy groups -OCH3 is 1. The maximum Gasteiger partial charge on any atom is 0.260 e. The van der Waals surface area contributed by atoms with E-state index in [0.29, 0.717) is 46.5 Å². The third-order valence-corrected chi connectivity index (χ3v) is 6.41. The Bertz CT molecular complexity index is 1170. The van der Waals surface area contributed by atoms with E-state index < -0.39 is 6.04 Å². The van der Waals surface area contributed by atoms with E-state index in [1.54, 1.807) is 29.2 Å². The summed E-state index contributed by atoms with van der Waals surface area (Å²) in [6.07, 6.45) is -0.0289. The van der Waals surface area contributed by atoms with Gasteiger partial charge >= 0.3 is 0 Å². The number of amides is 1. The van der Waals surface area contributed by atoms with Crippen molar-refractivity contribution in [2.45, 2.75) is 39.0 Å². The number of allylic oxidation sites excluding steroid dienone is 1. The molecular formula is C27H31N3O5S. The van der Waals surface area contributed by atoms with E-state index in [0.717, 1.165) is 5.56 Å². The number of morpholine rings is 1. The fourth-order valence-corrected chi connectivity index (χ4v) is 4.86. The summed E-state index contributed by atoms with van der Waals surface area (Å²) < 4.78 is 17.1. The van der Waals surface area contributed by atoms with E-state index in [4.69, 9.17) is 26.4 Å². The quantitative estimate of drug-likeness (QED) is 0.434. The molecule has 1 fully saturated rings. The highest BCUT2D eigenvalue weighted by molar-refractivity contribution is 7.80. The van der Waals surface area contributed by atoms with Crippen LogP contribution in [0.4, 0.5) is 0 Å². The third-order valence-electron chi connectivity index (χ3n) is 6.19. The summed E-state index contributed by atoms with van der Waals surface area (Å²) in [7, 11) is 1.54. The number of thiocarbonyl (C=S) groups is 1. The van der Waals surface area contributed by atoms with Crippen molar-refractivity contribution in [2.75, 3.05) is 26.8 Å². The zero-order valence-corrected chi connectivity index (χ0v) is 21.7. The number of ketones is 1. The van der Waals surface area contributed by atoms with Gasteiger partial charge in [0.1, 0.15) is 0 Å². The second kappa shape index (κ2) is 11.1. The summed E-state index contributed by atoms with van der Waals surface area (Å²) >= 11 is 5.38. The minimum Gasteiger partial charge on any atom is -0.493 e. The second-order valence-electron chi connectivity index (χ2n) is 9.02. The lowest BCUT2D eigenvalue weighted by molar-refractivity contribution is -0.145. The molecule has 2 aromatic rings. The van der Waals surface area contributed by atoms with Crippen LogP contribution in [0.5, 0.6) is 11.5 Å². The highest BCUT2D eigenvalue weighted by Crippen LogP contribution is 2.35. The van der Waals surface area contributed by atoms with Crippen LogP contribution >= 0.6 is 12.2 Å². The van der Waals surface area contributed by atoms with Gasteiger partial charge in [0.2, 0.25) is 0 Å². The Labute approximate surface area is 216 Å². The molecule has 4 rings (SSSR count). The molecule has 9 heteroatoms. The van der Waals surface area contributed by atoms with Crippen LogP contribution in [-0.2, 0) is 9.53 Å². The summed E-state index contributed by atoms with van der Waals surface area (Å²) in [5, 5.41) is 6.70. The van der Waals surface area contributed by atoms with Crippen LogP contribution in [-0.4, -0.2) is 60.7 Å². The molecule has 0 radical (unpaired) electrons. The van der Waals surface area contributed by atoms with Gasteiger partial charge in [-0.1, -0.05) is 36.4 Å². The van der Waals surface area contributed by atoms with Crippen molar-refractivity contribution in [1.29, 1.82) is 0 Å². The van der Waals surface area contributed by atoms with Gasteiger partial charge in [0.25, 0.3) is 5.91 Å². The molecule has 190 valence electrons. The van der Waals surface area contributed by atoms with Gasteiger partial charge in [-0.3, -0.25) is 9.59 Å². The molecule has 1 amide bonds. The molecule has 2 aliphatic rings. The number of carbonyl (C=O) groups excluding carboxylic acids is 2. The SMILES string of the molecule is COc1cc([C@H]2NC(=S)NC(C)=C2C(=O)c2ccccc2)ccc1OCC(=O)N1C[C@H](C)O[C@@H](C)C1. The minimum atomic E-state index is -0.479. The first-order chi connectivity index (χ1) is 17.3. The first-order valence-corrected chi connectivity index (χ1v) is 12.3. The first kappa shape index (κ1) is 25.7. The predicted octanol–water partition coefficient (Wildman–Crippen LogP) is 3.39. The number of nitrogens with one attached hydrogen (secondary N) is 2. The number of ether oxygens (including phenoxy) is 3. The van der Waals surface area contributed by atoms with E-state index in [1.165, 1.54) is 7.11 Å². The number of Topliss-reactive ketones (excluding diaryl/α,β-unsaturated/α-hetero) is 1. The highest BCUT2D eigenvalue weighted by Gasteiger charge is 2.31. The van der Waals surface area contributed by atoms with E-state index in [2.05, 4.69) is 10.6 Å². The molecule has 0 spiro atoms. The number of hydrogen-bond donors (Lipinski definition) is 2. The zero-order valence-electron chi connectivity index (χ0n) is 20.9. The molecule has 2 aliphatic heterocycles. The number of benzene rings is 2. The van der Waals surface area contributed by atoms with Crippen molar-refractivity contribution in [1.82, 2.24) is 15.5 Å². The summed E-state index contributed by atoms with van der Waals surface area (Å²) in [4.78, 5) is 27.9. The van der Waals surface area contributed by atoms with Gasteiger partial charge in [-0.25, -0.2) is 0 Å². The number of rotatable bonds is 7. The molecule has 8 nitrogen and oxygen atoms in total. The van der Waals surface area contributed by atoms with Crippen molar-refractivity contribution in [3.05, 3.63) is 70.9 Å². The molecule has 0 aliphatic carbocycles. The number of hydrogen-bond acceptors (Lipinski definition) is 6. The maximum absolute atomic E-state index is 13.4. The number of carbonyl (C=O) groups is 2. The Morgan fingerprint density at radius 1 is 1.08 bits per heavy atom. The molecule has 0 aromatic heterocycles. The van der Waals surface area contributed by atoms with Gasteiger partial charge in [0, 0.05) is 29.9 Å². The molecule has 0 saturated carbocycles. The molecule has 36 heavy (non-hydrogen) atoms. The monoisotopic (exact) mass is 509 g/mol. The van der Waals surface area contributed by atoms with Crippen molar-refractivity contribution < 1.29 is 23.8 Å². The Morgan fingerprint density at radius 2 is 1.78 bits per heavy atom. The van der Waals surface area contributed by atoms with E-state index in [-0.39, 0.29) is 30.5 Å². The van der Waals surface area contributed by atoms with E-state index >= 15 is 0 Å². The Hall–Kier alpha value is -3.43. The summed E-state index contributed by atoms with van der Waals surface area (Å²) in [5.41, 5.74) is 2.63. The van der Waals surface area contributed by atoms with Gasteiger partial charge in [-0.2, -0.15) is 0 Å². The van der Waals surface area contributed by atoms with Crippen molar-refractivity contribution in [3.8, 4) is 11.5 Å². The lowest BCUT2D eigenvalue weighted by Gasteiger charge is -2.35.